The van der Waals surface area contributed by atoms with Gasteiger partial charge in [0.05, 0.1) is 6.04 Å². The second-order valence-corrected chi connectivity index (χ2v) is 3.30. The number of aromatic nitrogens is 2. The molecule has 60 valence electrons. The smallest absolute Gasteiger partial charge is 0.0551 e. The average Bonchev–Trinajstić information content (AvgIpc) is 2.29. The minimum Gasteiger partial charge on any atom is -0.328 e. The van der Waals surface area contributed by atoms with Gasteiger partial charge in [0.15, 0.2) is 0 Å². The predicted molar refractivity (Wildman–Crippen MR) is 43.2 cm³/mol. The SMILES string of the molecule is Cc1ccnn1C1CC(N)C1. The Hall–Kier alpha value is -0.830. The normalized spacial score (nSPS) is 30.0. The summed E-state index contributed by atoms with van der Waals surface area (Å²) in [5.41, 5.74) is 6.92. The van der Waals surface area contributed by atoms with E-state index in [-0.39, 0.29) is 0 Å². The Labute approximate surface area is 66.2 Å². The minimum atomic E-state index is 0.406. The Morgan fingerprint density at radius 1 is 1.64 bits per heavy atom. The van der Waals surface area contributed by atoms with Crippen LogP contribution in [0.25, 0.3) is 0 Å². The molecule has 0 saturated heterocycles. The van der Waals surface area contributed by atoms with Crippen LogP contribution >= 0.6 is 0 Å². The summed E-state index contributed by atoms with van der Waals surface area (Å²) in [5, 5.41) is 4.23. The van der Waals surface area contributed by atoms with Crippen molar-refractivity contribution in [3.8, 4) is 0 Å². The van der Waals surface area contributed by atoms with Crippen molar-refractivity contribution in [2.24, 2.45) is 5.73 Å². The lowest BCUT2D eigenvalue weighted by atomic mass is 9.88. The third kappa shape index (κ3) is 1.05. The molecule has 3 heteroatoms. The van der Waals surface area contributed by atoms with Gasteiger partial charge in [-0.25, -0.2) is 0 Å². The molecule has 2 rings (SSSR count). The van der Waals surface area contributed by atoms with E-state index in [0.29, 0.717) is 12.1 Å². The topological polar surface area (TPSA) is 43.8 Å². The van der Waals surface area contributed by atoms with Crippen LogP contribution in [0, 0.1) is 6.92 Å². The summed E-state index contributed by atoms with van der Waals surface area (Å²) < 4.78 is 2.07. The van der Waals surface area contributed by atoms with E-state index < -0.39 is 0 Å². The van der Waals surface area contributed by atoms with Crippen molar-refractivity contribution in [1.82, 2.24) is 9.78 Å². The van der Waals surface area contributed by atoms with Gasteiger partial charge in [-0.05, 0) is 25.8 Å². The maximum absolute atomic E-state index is 5.68. The van der Waals surface area contributed by atoms with Crippen molar-refractivity contribution < 1.29 is 0 Å². The monoisotopic (exact) mass is 151 g/mol. The summed E-state index contributed by atoms with van der Waals surface area (Å²) in [6, 6.07) is 3.01. The van der Waals surface area contributed by atoms with Gasteiger partial charge in [0.1, 0.15) is 0 Å². The van der Waals surface area contributed by atoms with Crippen molar-refractivity contribution in [2.45, 2.75) is 31.8 Å². The molecular formula is C8H13N3. The third-order valence-electron chi connectivity index (χ3n) is 2.36. The fourth-order valence-corrected chi connectivity index (χ4v) is 1.59. The summed E-state index contributed by atoms with van der Waals surface area (Å²) in [5.74, 6) is 0. The van der Waals surface area contributed by atoms with E-state index in [9.17, 15) is 0 Å². The van der Waals surface area contributed by atoms with E-state index in [1.807, 2.05) is 12.3 Å². The zero-order chi connectivity index (χ0) is 7.84. The Bertz CT molecular complexity index is 248. The molecule has 0 unspecified atom stereocenters. The first-order valence-corrected chi connectivity index (χ1v) is 4.03. The van der Waals surface area contributed by atoms with Gasteiger partial charge in [-0.3, -0.25) is 4.68 Å². The van der Waals surface area contributed by atoms with Gasteiger partial charge in [-0.1, -0.05) is 0 Å². The lowest BCUT2D eigenvalue weighted by Gasteiger charge is -2.33. The van der Waals surface area contributed by atoms with Crippen LogP contribution in [0.2, 0.25) is 0 Å². The maximum atomic E-state index is 5.68. The molecular weight excluding hydrogens is 138 g/mol. The van der Waals surface area contributed by atoms with Gasteiger partial charge in [0.25, 0.3) is 0 Å². The number of nitrogens with two attached hydrogens (primary N) is 1. The molecule has 0 aliphatic heterocycles. The van der Waals surface area contributed by atoms with Crippen LogP contribution in [0.4, 0.5) is 0 Å². The molecule has 1 heterocycles. The molecule has 1 aliphatic carbocycles. The molecule has 0 spiro atoms. The average molecular weight is 151 g/mol. The molecule has 3 nitrogen and oxygen atoms in total. The Balaban J connectivity index is 2.12. The van der Waals surface area contributed by atoms with Gasteiger partial charge < -0.3 is 5.73 Å². The minimum absolute atomic E-state index is 0.406. The molecule has 0 aromatic carbocycles. The molecule has 1 saturated carbocycles. The summed E-state index contributed by atoms with van der Waals surface area (Å²) >= 11 is 0. The quantitative estimate of drug-likeness (QED) is 0.646. The largest absolute Gasteiger partial charge is 0.328 e. The first-order chi connectivity index (χ1) is 5.27. The highest BCUT2D eigenvalue weighted by atomic mass is 15.3. The molecule has 0 atom stereocenters. The van der Waals surface area contributed by atoms with Crippen LogP contribution < -0.4 is 5.73 Å². The summed E-state index contributed by atoms with van der Waals surface area (Å²) in [6.45, 7) is 2.08. The zero-order valence-corrected chi connectivity index (χ0v) is 6.70. The van der Waals surface area contributed by atoms with Crippen molar-refractivity contribution in [2.75, 3.05) is 0 Å². The Morgan fingerprint density at radius 3 is 2.82 bits per heavy atom. The van der Waals surface area contributed by atoms with Crippen LogP contribution in [-0.2, 0) is 0 Å². The molecule has 0 bridgehead atoms. The summed E-state index contributed by atoms with van der Waals surface area (Å²) in [7, 11) is 0. The zero-order valence-electron chi connectivity index (χ0n) is 6.70. The number of rotatable bonds is 1. The van der Waals surface area contributed by atoms with Crippen LogP contribution in [0.3, 0.4) is 0 Å². The van der Waals surface area contributed by atoms with E-state index in [4.69, 9.17) is 5.73 Å². The molecule has 1 aromatic rings. The molecule has 11 heavy (non-hydrogen) atoms. The number of aryl methyl sites for hydroxylation is 1. The van der Waals surface area contributed by atoms with E-state index in [1.54, 1.807) is 0 Å². The lowest BCUT2D eigenvalue weighted by Crippen LogP contribution is -2.38. The fraction of sp³-hybridized carbons (Fsp3) is 0.625. The van der Waals surface area contributed by atoms with Crippen molar-refractivity contribution in [3.63, 3.8) is 0 Å². The summed E-state index contributed by atoms with van der Waals surface area (Å²) in [4.78, 5) is 0. The van der Waals surface area contributed by atoms with E-state index in [1.165, 1.54) is 5.69 Å². The highest BCUT2D eigenvalue weighted by Crippen LogP contribution is 2.30. The first-order valence-electron chi connectivity index (χ1n) is 4.03. The molecule has 2 N–H and O–H groups in total. The Morgan fingerprint density at radius 2 is 2.36 bits per heavy atom. The Kier molecular flexibility index (Phi) is 1.46. The van der Waals surface area contributed by atoms with Gasteiger partial charge in [0, 0.05) is 17.9 Å². The number of hydrogen-bond donors (Lipinski definition) is 1. The molecule has 0 amide bonds. The van der Waals surface area contributed by atoms with E-state index >= 15 is 0 Å². The molecule has 0 radical (unpaired) electrons. The molecule has 1 aliphatic rings. The van der Waals surface area contributed by atoms with Crippen LogP contribution in [-0.4, -0.2) is 15.8 Å². The van der Waals surface area contributed by atoms with Gasteiger partial charge in [-0.2, -0.15) is 5.10 Å². The highest BCUT2D eigenvalue weighted by Gasteiger charge is 2.28. The second-order valence-electron chi connectivity index (χ2n) is 3.30. The van der Waals surface area contributed by atoms with Gasteiger partial charge >= 0.3 is 0 Å². The molecule has 1 fully saturated rings. The van der Waals surface area contributed by atoms with E-state index in [2.05, 4.69) is 16.7 Å². The van der Waals surface area contributed by atoms with Gasteiger partial charge in [-0.15, -0.1) is 0 Å². The number of nitrogens with zero attached hydrogens (tertiary/aromatic N) is 2. The van der Waals surface area contributed by atoms with Crippen molar-refractivity contribution in [1.29, 1.82) is 0 Å². The highest BCUT2D eigenvalue weighted by molar-refractivity contribution is 5.01. The predicted octanol–water partition coefficient (Wildman–Crippen LogP) is 0.854. The maximum Gasteiger partial charge on any atom is 0.0551 e. The van der Waals surface area contributed by atoms with Crippen LogP contribution in [0.5, 0.6) is 0 Å². The van der Waals surface area contributed by atoms with Gasteiger partial charge in [0.2, 0.25) is 0 Å². The molecule has 1 aromatic heterocycles. The third-order valence-corrected chi connectivity index (χ3v) is 2.36. The van der Waals surface area contributed by atoms with Crippen molar-refractivity contribution in [3.05, 3.63) is 18.0 Å². The van der Waals surface area contributed by atoms with Crippen LogP contribution in [0.15, 0.2) is 12.3 Å². The summed E-state index contributed by atoms with van der Waals surface area (Å²) in [6.07, 6.45) is 4.02. The standard InChI is InChI=1S/C8H13N3/c1-6-2-3-10-11(6)8-4-7(9)5-8/h2-3,7-8H,4-5,9H2,1H3. The first kappa shape index (κ1) is 6.85. The van der Waals surface area contributed by atoms with Crippen LogP contribution in [0.1, 0.15) is 24.6 Å². The lowest BCUT2D eigenvalue weighted by molar-refractivity contribution is 0.244. The fourth-order valence-electron chi connectivity index (χ4n) is 1.59. The van der Waals surface area contributed by atoms with Crippen molar-refractivity contribution >= 4 is 0 Å². The number of hydrogen-bond acceptors (Lipinski definition) is 2. The van der Waals surface area contributed by atoms with E-state index in [0.717, 1.165) is 12.8 Å². The second kappa shape index (κ2) is 2.34.